The van der Waals surface area contributed by atoms with Crippen LogP contribution in [0.2, 0.25) is 0 Å². The molecule has 0 saturated heterocycles. The summed E-state index contributed by atoms with van der Waals surface area (Å²) in [6.45, 7) is 0.659. The van der Waals surface area contributed by atoms with Crippen molar-refractivity contribution in [2.75, 3.05) is 17.6 Å². The number of hydrogen-bond acceptors (Lipinski definition) is 4. The van der Waals surface area contributed by atoms with Gasteiger partial charge in [-0.1, -0.05) is 30.3 Å². The van der Waals surface area contributed by atoms with Crippen LogP contribution in [0.3, 0.4) is 0 Å². The molecule has 2 bridgehead atoms. The fourth-order valence-electron chi connectivity index (χ4n) is 6.52. The van der Waals surface area contributed by atoms with E-state index in [1.807, 2.05) is 18.2 Å². The lowest BCUT2D eigenvalue weighted by Crippen LogP contribution is -2.35. The fraction of sp³-hybridized carbons (Fsp3) is 0.393. The maximum atomic E-state index is 12.9. The van der Waals surface area contributed by atoms with Gasteiger partial charge < -0.3 is 15.1 Å². The Balaban J connectivity index is 1.17. The fourth-order valence-corrected chi connectivity index (χ4v) is 7.28. The number of fused-ring (bicyclic) bond motifs is 7. The van der Waals surface area contributed by atoms with E-state index in [4.69, 9.17) is 4.42 Å². The Hall–Kier alpha value is -2.66. The molecule has 5 heteroatoms. The third-order valence-electron chi connectivity index (χ3n) is 7.86. The van der Waals surface area contributed by atoms with Crippen LogP contribution in [0.4, 0.5) is 5.69 Å². The standard InChI is InChI=1S/C28H30N2O2S/c31-28(29-12-14-33-17-22-7-4-13-32-22)21-10-11-24-23(16-21)25-19-8-9-20(15-19)26(25)27(30-24)18-5-2-1-3-6-18/h1-7,10-11,13,16,19-20,25-27,30H,8-9,12,14-15,17H2,(H,29,31)/t19-,20-,25-,26-,27-/m0/s1. The molecule has 0 unspecified atom stereocenters. The first kappa shape index (κ1) is 20.9. The number of rotatable bonds is 7. The molecule has 4 nitrogen and oxygen atoms in total. The SMILES string of the molecule is O=C(NCCSCc1ccco1)c1ccc2c(c1)[C@@H]1[C@H]3CC[C@@H](C3)[C@@H]1[C@H](c1ccccc1)N2. The van der Waals surface area contributed by atoms with E-state index in [-0.39, 0.29) is 5.91 Å². The molecule has 2 heterocycles. The molecule has 1 aromatic heterocycles. The lowest BCUT2D eigenvalue weighted by molar-refractivity contribution is 0.0956. The number of carbonyl (C=O) groups is 1. The Morgan fingerprint density at radius 1 is 1.06 bits per heavy atom. The van der Waals surface area contributed by atoms with Crippen molar-refractivity contribution in [1.29, 1.82) is 0 Å². The van der Waals surface area contributed by atoms with Gasteiger partial charge in [0.15, 0.2) is 0 Å². The molecule has 0 radical (unpaired) electrons. The molecule has 6 rings (SSSR count). The summed E-state index contributed by atoms with van der Waals surface area (Å²) in [6.07, 6.45) is 5.71. The van der Waals surface area contributed by atoms with Crippen LogP contribution < -0.4 is 10.6 Å². The molecular formula is C28H30N2O2S. The second-order valence-electron chi connectivity index (χ2n) is 9.66. The van der Waals surface area contributed by atoms with Crippen molar-refractivity contribution in [3.63, 3.8) is 0 Å². The topological polar surface area (TPSA) is 54.3 Å². The molecule has 2 fully saturated rings. The van der Waals surface area contributed by atoms with Crippen molar-refractivity contribution in [2.24, 2.45) is 17.8 Å². The van der Waals surface area contributed by atoms with Crippen LogP contribution >= 0.6 is 11.8 Å². The number of benzene rings is 2. The molecule has 2 N–H and O–H groups in total. The Bertz CT molecular complexity index is 1110. The van der Waals surface area contributed by atoms with E-state index in [1.165, 1.54) is 36.1 Å². The number of amides is 1. The average molecular weight is 459 g/mol. The van der Waals surface area contributed by atoms with E-state index >= 15 is 0 Å². The smallest absolute Gasteiger partial charge is 0.251 e. The molecule has 3 aliphatic rings. The quantitative estimate of drug-likeness (QED) is 0.412. The van der Waals surface area contributed by atoms with Gasteiger partial charge in [0.2, 0.25) is 0 Å². The molecule has 1 amide bonds. The lowest BCUT2D eigenvalue weighted by Gasteiger charge is -2.43. The summed E-state index contributed by atoms with van der Waals surface area (Å²) in [4.78, 5) is 12.9. The van der Waals surface area contributed by atoms with Crippen LogP contribution in [-0.4, -0.2) is 18.2 Å². The van der Waals surface area contributed by atoms with Crippen LogP contribution in [0.1, 0.15) is 58.5 Å². The number of anilines is 1. The van der Waals surface area contributed by atoms with Crippen molar-refractivity contribution in [2.45, 2.75) is 37.0 Å². The van der Waals surface area contributed by atoms with Crippen molar-refractivity contribution >= 4 is 23.4 Å². The van der Waals surface area contributed by atoms with Gasteiger partial charge in [-0.2, -0.15) is 11.8 Å². The molecule has 1 aliphatic heterocycles. The number of carbonyl (C=O) groups excluding carboxylic acids is 1. The van der Waals surface area contributed by atoms with E-state index in [0.29, 0.717) is 24.4 Å². The van der Waals surface area contributed by atoms with Crippen LogP contribution in [0.5, 0.6) is 0 Å². The summed E-state index contributed by atoms with van der Waals surface area (Å²) in [5, 5.41) is 6.97. The minimum Gasteiger partial charge on any atom is -0.468 e. The maximum Gasteiger partial charge on any atom is 0.251 e. The van der Waals surface area contributed by atoms with E-state index in [2.05, 4.69) is 53.1 Å². The first-order chi connectivity index (χ1) is 16.3. The largest absolute Gasteiger partial charge is 0.468 e. The highest BCUT2D eigenvalue weighted by Gasteiger charge is 2.53. The van der Waals surface area contributed by atoms with Gasteiger partial charge in [0.1, 0.15) is 5.76 Å². The van der Waals surface area contributed by atoms with E-state index in [9.17, 15) is 4.79 Å². The van der Waals surface area contributed by atoms with Crippen LogP contribution in [0.25, 0.3) is 0 Å². The number of hydrogen-bond donors (Lipinski definition) is 2. The average Bonchev–Trinajstić information content (AvgIpc) is 3.62. The van der Waals surface area contributed by atoms with Gasteiger partial charge in [0, 0.05) is 23.5 Å². The second-order valence-corrected chi connectivity index (χ2v) is 10.8. The number of furan rings is 1. The van der Waals surface area contributed by atoms with E-state index < -0.39 is 0 Å². The predicted molar refractivity (Wildman–Crippen MR) is 134 cm³/mol. The third-order valence-corrected chi connectivity index (χ3v) is 8.85. The van der Waals surface area contributed by atoms with E-state index in [1.54, 1.807) is 18.0 Å². The molecule has 33 heavy (non-hydrogen) atoms. The van der Waals surface area contributed by atoms with Crippen LogP contribution in [0, 0.1) is 17.8 Å². The third kappa shape index (κ3) is 3.97. The Kier molecular flexibility index (Phi) is 5.67. The molecule has 2 aromatic carbocycles. The lowest BCUT2D eigenvalue weighted by atomic mass is 9.68. The highest BCUT2D eigenvalue weighted by molar-refractivity contribution is 7.98. The van der Waals surface area contributed by atoms with Gasteiger partial charge >= 0.3 is 0 Å². The molecule has 3 aromatic rings. The molecule has 5 atom stereocenters. The highest BCUT2D eigenvalue weighted by atomic mass is 32.2. The van der Waals surface area contributed by atoms with Gasteiger partial charge in [0.25, 0.3) is 5.91 Å². The predicted octanol–water partition coefficient (Wildman–Crippen LogP) is 6.24. The monoisotopic (exact) mass is 458 g/mol. The van der Waals surface area contributed by atoms with Crippen LogP contribution in [-0.2, 0) is 5.75 Å². The first-order valence-electron chi connectivity index (χ1n) is 12.1. The van der Waals surface area contributed by atoms with E-state index in [0.717, 1.165) is 34.7 Å². The van der Waals surface area contributed by atoms with Crippen molar-refractivity contribution in [3.8, 4) is 0 Å². The molecule has 2 saturated carbocycles. The molecule has 0 spiro atoms. The molecule has 170 valence electrons. The molecular weight excluding hydrogens is 428 g/mol. The summed E-state index contributed by atoms with van der Waals surface area (Å²) in [6, 6.07) is 21.5. The summed E-state index contributed by atoms with van der Waals surface area (Å²) in [5.41, 5.74) is 4.74. The van der Waals surface area contributed by atoms with Gasteiger partial charge in [-0.05, 0) is 84.4 Å². The summed E-state index contributed by atoms with van der Waals surface area (Å²) in [5.74, 6) is 5.42. The summed E-state index contributed by atoms with van der Waals surface area (Å²) in [7, 11) is 0. The summed E-state index contributed by atoms with van der Waals surface area (Å²) < 4.78 is 5.36. The maximum absolute atomic E-state index is 12.9. The first-order valence-corrected chi connectivity index (χ1v) is 13.3. The zero-order chi connectivity index (χ0) is 22.2. The van der Waals surface area contributed by atoms with Gasteiger partial charge in [-0.3, -0.25) is 4.79 Å². The summed E-state index contributed by atoms with van der Waals surface area (Å²) >= 11 is 1.77. The Morgan fingerprint density at radius 2 is 1.94 bits per heavy atom. The Morgan fingerprint density at radius 3 is 2.79 bits per heavy atom. The van der Waals surface area contributed by atoms with Crippen molar-refractivity contribution in [3.05, 3.63) is 89.4 Å². The van der Waals surface area contributed by atoms with Crippen molar-refractivity contribution < 1.29 is 9.21 Å². The normalized spacial score (nSPS) is 27.0. The second kappa shape index (κ2) is 8.94. The minimum absolute atomic E-state index is 0.0290. The van der Waals surface area contributed by atoms with Gasteiger partial charge in [-0.15, -0.1) is 0 Å². The number of thioether (sulfide) groups is 1. The van der Waals surface area contributed by atoms with Gasteiger partial charge in [0.05, 0.1) is 18.1 Å². The minimum atomic E-state index is 0.0290. The zero-order valence-corrected chi connectivity index (χ0v) is 19.5. The highest BCUT2D eigenvalue weighted by Crippen LogP contribution is 2.63. The van der Waals surface area contributed by atoms with Gasteiger partial charge in [-0.25, -0.2) is 0 Å². The Labute approximate surface area is 199 Å². The number of nitrogens with one attached hydrogen (secondary N) is 2. The van der Waals surface area contributed by atoms with Crippen LogP contribution in [0.15, 0.2) is 71.3 Å². The zero-order valence-electron chi connectivity index (χ0n) is 18.7. The van der Waals surface area contributed by atoms with Crippen molar-refractivity contribution in [1.82, 2.24) is 5.32 Å². The molecule has 2 aliphatic carbocycles.